The molecule has 0 fully saturated rings. The lowest BCUT2D eigenvalue weighted by Crippen LogP contribution is -1.99. The molecule has 3 nitrogen and oxygen atoms in total. The highest BCUT2D eigenvalue weighted by molar-refractivity contribution is 5.19. The maximum atomic E-state index is 13.1. The van der Waals surface area contributed by atoms with Crippen molar-refractivity contribution in [2.75, 3.05) is 0 Å². The minimum Gasteiger partial charge on any atom is -0.248 e. The number of hydrogen-bond donors (Lipinski definition) is 0. The van der Waals surface area contributed by atoms with E-state index in [2.05, 4.69) is 10.3 Å². The van der Waals surface area contributed by atoms with Gasteiger partial charge < -0.3 is 0 Å². The lowest BCUT2D eigenvalue weighted by Gasteiger charge is -2.00. The molecule has 0 radical (unpaired) electrons. The van der Waals surface area contributed by atoms with Crippen LogP contribution in [-0.2, 0) is 19.4 Å². The quantitative estimate of drug-likeness (QED) is 0.723. The van der Waals surface area contributed by atoms with Gasteiger partial charge in [0.25, 0.3) is 0 Å². The van der Waals surface area contributed by atoms with Crippen LogP contribution in [0.1, 0.15) is 16.8 Å². The van der Waals surface area contributed by atoms with E-state index in [1.165, 1.54) is 6.07 Å². The first kappa shape index (κ1) is 14.4. The van der Waals surface area contributed by atoms with E-state index >= 15 is 0 Å². The first-order valence-electron chi connectivity index (χ1n) is 7.07. The van der Waals surface area contributed by atoms with Crippen molar-refractivity contribution in [1.82, 2.24) is 15.0 Å². The Balaban J connectivity index is 1.61. The van der Waals surface area contributed by atoms with Gasteiger partial charge in [0.1, 0.15) is 0 Å². The van der Waals surface area contributed by atoms with E-state index in [-0.39, 0.29) is 0 Å². The number of nitrogens with zero attached hydrogens (tertiary/aromatic N) is 3. The summed E-state index contributed by atoms with van der Waals surface area (Å²) in [4.78, 5) is 0. The third-order valence-electron chi connectivity index (χ3n) is 3.43. The summed E-state index contributed by atoms with van der Waals surface area (Å²) >= 11 is 0. The first-order valence-corrected chi connectivity index (χ1v) is 7.07. The number of rotatable bonds is 5. The molecule has 0 aliphatic heterocycles. The Kier molecular flexibility index (Phi) is 4.23. The lowest BCUT2D eigenvalue weighted by atomic mass is 10.1. The van der Waals surface area contributed by atoms with E-state index in [1.54, 1.807) is 10.7 Å². The zero-order valence-electron chi connectivity index (χ0n) is 11.9. The summed E-state index contributed by atoms with van der Waals surface area (Å²) in [6.45, 7) is 0.666. The number of halogens is 2. The first-order chi connectivity index (χ1) is 10.7. The molecular formula is C17H15F2N3. The molecule has 0 unspecified atom stereocenters. The average Bonchev–Trinajstić information content (AvgIpc) is 2.97. The largest absolute Gasteiger partial charge is 0.248 e. The summed E-state index contributed by atoms with van der Waals surface area (Å²) in [7, 11) is 0. The fourth-order valence-electron chi connectivity index (χ4n) is 2.27. The maximum Gasteiger partial charge on any atom is 0.159 e. The van der Waals surface area contributed by atoms with Gasteiger partial charge >= 0.3 is 0 Å². The molecule has 0 saturated heterocycles. The Morgan fingerprint density at radius 3 is 2.45 bits per heavy atom. The van der Waals surface area contributed by atoms with Crippen LogP contribution in [0.25, 0.3) is 0 Å². The topological polar surface area (TPSA) is 30.7 Å². The Bertz CT molecular complexity index is 754. The number of aromatic nitrogens is 3. The summed E-state index contributed by atoms with van der Waals surface area (Å²) in [5.41, 5.74) is 2.73. The maximum absolute atomic E-state index is 13.1. The molecule has 2 aromatic carbocycles. The zero-order valence-corrected chi connectivity index (χ0v) is 11.9. The van der Waals surface area contributed by atoms with Crippen molar-refractivity contribution in [2.24, 2.45) is 0 Å². The van der Waals surface area contributed by atoms with Gasteiger partial charge in [0.2, 0.25) is 0 Å². The molecule has 112 valence electrons. The molecule has 22 heavy (non-hydrogen) atoms. The minimum absolute atomic E-state index is 0.598. The van der Waals surface area contributed by atoms with E-state index < -0.39 is 11.6 Å². The fourth-order valence-corrected chi connectivity index (χ4v) is 2.27. The zero-order chi connectivity index (χ0) is 15.4. The fraction of sp³-hybridized carbons (Fsp3) is 0.176. The van der Waals surface area contributed by atoms with Crippen molar-refractivity contribution in [1.29, 1.82) is 0 Å². The molecule has 0 aliphatic rings. The van der Waals surface area contributed by atoms with Gasteiger partial charge in [0.15, 0.2) is 11.6 Å². The molecule has 3 rings (SSSR count). The highest BCUT2D eigenvalue weighted by Crippen LogP contribution is 2.11. The van der Waals surface area contributed by atoms with Gasteiger partial charge in [-0.1, -0.05) is 41.6 Å². The number of aryl methyl sites for hydroxylation is 2. The van der Waals surface area contributed by atoms with Crippen molar-refractivity contribution >= 4 is 0 Å². The van der Waals surface area contributed by atoms with E-state index in [1.807, 2.05) is 36.5 Å². The van der Waals surface area contributed by atoms with Crippen molar-refractivity contribution < 1.29 is 8.78 Å². The van der Waals surface area contributed by atoms with Crippen LogP contribution in [0.2, 0.25) is 0 Å². The highest BCUT2D eigenvalue weighted by atomic mass is 19.2. The van der Waals surface area contributed by atoms with Gasteiger partial charge in [-0.15, -0.1) is 5.10 Å². The Hall–Kier alpha value is -2.56. The molecule has 0 N–H and O–H groups in total. The molecule has 0 bridgehead atoms. The van der Waals surface area contributed by atoms with Crippen LogP contribution >= 0.6 is 0 Å². The molecule has 1 heterocycles. The van der Waals surface area contributed by atoms with Crippen molar-refractivity contribution in [3.63, 3.8) is 0 Å². The van der Waals surface area contributed by atoms with Crippen molar-refractivity contribution in [3.8, 4) is 0 Å². The second-order valence-corrected chi connectivity index (χ2v) is 5.14. The van der Waals surface area contributed by atoms with E-state index in [0.29, 0.717) is 19.4 Å². The van der Waals surface area contributed by atoms with Crippen LogP contribution in [-0.4, -0.2) is 15.0 Å². The van der Waals surface area contributed by atoms with Gasteiger partial charge in [-0.2, -0.15) is 0 Å². The van der Waals surface area contributed by atoms with Crippen molar-refractivity contribution in [3.05, 3.63) is 83.2 Å². The van der Waals surface area contributed by atoms with Gasteiger partial charge in [0, 0.05) is 6.20 Å². The van der Waals surface area contributed by atoms with E-state index in [4.69, 9.17) is 0 Å². The van der Waals surface area contributed by atoms with Gasteiger partial charge in [-0.3, -0.25) is 0 Å². The third kappa shape index (κ3) is 3.55. The molecule has 5 heteroatoms. The summed E-state index contributed by atoms with van der Waals surface area (Å²) in [5.74, 6) is -1.64. The number of benzene rings is 2. The van der Waals surface area contributed by atoms with Gasteiger partial charge in [-0.05, 0) is 36.1 Å². The van der Waals surface area contributed by atoms with E-state index in [9.17, 15) is 8.78 Å². The molecule has 0 aliphatic carbocycles. The highest BCUT2D eigenvalue weighted by Gasteiger charge is 2.05. The molecule has 0 atom stereocenters. The predicted octanol–water partition coefficient (Wildman–Crippen LogP) is 3.39. The summed E-state index contributed by atoms with van der Waals surface area (Å²) in [6, 6.07) is 14.0. The summed E-state index contributed by atoms with van der Waals surface area (Å²) in [5, 5.41) is 8.20. The second-order valence-electron chi connectivity index (χ2n) is 5.14. The summed E-state index contributed by atoms with van der Waals surface area (Å²) in [6.07, 6.45) is 3.12. The third-order valence-corrected chi connectivity index (χ3v) is 3.43. The van der Waals surface area contributed by atoms with E-state index in [0.717, 1.165) is 22.9 Å². The second kappa shape index (κ2) is 6.47. The number of hydrogen-bond acceptors (Lipinski definition) is 2. The van der Waals surface area contributed by atoms with Gasteiger partial charge in [0.05, 0.1) is 12.2 Å². The molecule has 0 spiro atoms. The van der Waals surface area contributed by atoms with Crippen LogP contribution in [0.3, 0.4) is 0 Å². The predicted molar refractivity (Wildman–Crippen MR) is 79.3 cm³/mol. The normalized spacial score (nSPS) is 10.8. The molecular weight excluding hydrogens is 284 g/mol. The smallest absolute Gasteiger partial charge is 0.159 e. The minimum atomic E-state index is -0.822. The lowest BCUT2D eigenvalue weighted by molar-refractivity contribution is 0.507. The summed E-state index contributed by atoms with van der Waals surface area (Å²) < 4.78 is 27.8. The molecule has 0 amide bonds. The standard InChI is InChI=1S/C17H15F2N3/c18-16-9-7-13(10-17(16)19)6-8-15-12-22(21-20-15)11-14-4-2-1-3-5-14/h1-5,7,9-10,12H,6,8,11H2. The molecule has 0 saturated carbocycles. The Morgan fingerprint density at radius 1 is 0.864 bits per heavy atom. The van der Waals surface area contributed by atoms with Crippen LogP contribution in [0, 0.1) is 11.6 Å². The molecule has 1 aromatic heterocycles. The average molecular weight is 299 g/mol. The molecule has 3 aromatic rings. The Labute approximate surface area is 127 Å². The SMILES string of the molecule is Fc1ccc(CCc2cn(Cc3ccccc3)nn2)cc1F. The Morgan fingerprint density at radius 2 is 1.68 bits per heavy atom. The van der Waals surface area contributed by atoms with Crippen LogP contribution in [0.15, 0.2) is 54.7 Å². The van der Waals surface area contributed by atoms with Gasteiger partial charge in [-0.25, -0.2) is 13.5 Å². The van der Waals surface area contributed by atoms with Crippen LogP contribution in [0.4, 0.5) is 8.78 Å². The van der Waals surface area contributed by atoms with Crippen LogP contribution < -0.4 is 0 Å². The monoisotopic (exact) mass is 299 g/mol. The van der Waals surface area contributed by atoms with Crippen LogP contribution in [0.5, 0.6) is 0 Å². The van der Waals surface area contributed by atoms with Crippen molar-refractivity contribution in [2.45, 2.75) is 19.4 Å².